The van der Waals surface area contributed by atoms with Gasteiger partial charge in [-0.2, -0.15) is 0 Å². The molecule has 1 aliphatic heterocycles. The van der Waals surface area contributed by atoms with Gasteiger partial charge in [0, 0.05) is 24.1 Å². The van der Waals surface area contributed by atoms with Crippen molar-refractivity contribution in [3.05, 3.63) is 34.3 Å². The molecule has 6 heteroatoms. The van der Waals surface area contributed by atoms with Gasteiger partial charge in [0.1, 0.15) is 0 Å². The molecule has 2 amide bonds. The third-order valence-electron chi connectivity index (χ3n) is 3.98. The molecular formula is C17H23BrN2O3. The fraction of sp³-hybridized carbons (Fsp3) is 0.529. The molecule has 1 aromatic rings. The lowest BCUT2D eigenvalue weighted by atomic mass is 9.97. The van der Waals surface area contributed by atoms with Crippen LogP contribution in [0.15, 0.2) is 28.7 Å². The van der Waals surface area contributed by atoms with Gasteiger partial charge < -0.3 is 15.0 Å². The Morgan fingerprint density at radius 3 is 2.74 bits per heavy atom. The highest BCUT2D eigenvalue weighted by molar-refractivity contribution is 9.10. The number of hydrogen-bond donors (Lipinski definition) is 1. The minimum atomic E-state index is -0.137. The number of rotatable bonds is 5. The van der Waals surface area contributed by atoms with E-state index < -0.39 is 0 Å². The molecule has 1 aromatic carbocycles. The molecule has 23 heavy (non-hydrogen) atoms. The fourth-order valence-electron chi connectivity index (χ4n) is 2.70. The Hall–Kier alpha value is -1.56. The number of carbonyl (C=O) groups excluding carboxylic acids is 2. The van der Waals surface area contributed by atoms with Crippen molar-refractivity contribution in [3.63, 3.8) is 0 Å². The average molecular weight is 383 g/mol. The predicted octanol–water partition coefficient (Wildman–Crippen LogP) is 2.98. The molecule has 0 unspecified atom stereocenters. The van der Waals surface area contributed by atoms with Gasteiger partial charge in [-0.25, -0.2) is 4.79 Å². The van der Waals surface area contributed by atoms with Gasteiger partial charge in [0.25, 0.3) is 0 Å². The SMILES string of the molecule is CCOC(=O)C1CCN(C(=O)NCCc2cccc(Br)c2)CC1. The first-order chi connectivity index (χ1) is 11.1. The highest BCUT2D eigenvalue weighted by Crippen LogP contribution is 2.18. The van der Waals surface area contributed by atoms with Crippen LogP contribution in [-0.2, 0) is 16.0 Å². The van der Waals surface area contributed by atoms with Crippen LogP contribution in [0.5, 0.6) is 0 Å². The monoisotopic (exact) mass is 382 g/mol. The summed E-state index contributed by atoms with van der Waals surface area (Å²) in [6, 6.07) is 8.01. The molecule has 0 saturated carbocycles. The zero-order valence-corrected chi connectivity index (χ0v) is 15.0. The van der Waals surface area contributed by atoms with E-state index in [2.05, 4.69) is 27.3 Å². The van der Waals surface area contributed by atoms with Crippen molar-refractivity contribution in [1.29, 1.82) is 0 Å². The number of benzene rings is 1. The van der Waals surface area contributed by atoms with Crippen LogP contribution in [0.25, 0.3) is 0 Å². The van der Waals surface area contributed by atoms with Crippen LogP contribution in [0, 0.1) is 5.92 Å². The number of urea groups is 1. The molecule has 0 aliphatic carbocycles. The third kappa shape index (κ3) is 5.53. The molecule has 0 aromatic heterocycles. The Labute approximate surface area is 145 Å². The molecule has 0 atom stereocenters. The first-order valence-corrected chi connectivity index (χ1v) is 8.83. The van der Waals surface area contributed by atoms with E-state index >= 15 is 0 Å². The number of esters is 1. The largest absolute Gasteiger partial charge is 0.466 e. The second-order valence-corrected chi connectivity index (χ2v) is 6.54. The minimum Gasteiger partial charge on any atom is -0.466 e. The third-order valence-corrected chi connectivity index (χ3v) is 4.47. The first-order valence-electron chi connectivity index (χ1n) is 8.04. The van der Waals surface area contributed by atoms with E-state index in [-0.39, 0.29) is 17.9 Å². The summed E-state index contributed by atoms with van der Waals surface area (Å²) in [5.74, 6) is -0.206. The van der Waals surface area contributed by atoms with Crippen molar-refractivity contribution in [2.45, 2.75) is 26.2 Å². The quantitative estimate of drug-likeness (QED) is 0.796. The van der Waals surface area contributed by atoms with Crippen LogP contribution in [0.1, 0.15) is 25.3 Å². The molecule has 1 N–H and O–H groups in total. The van der Waals surface area contributed by atoms with Crippen molar-refractivity contribution in [3.8, 4) is 0 Å². The summed E-state index contributed by atoms with van der Waals surface area (Å²) < 4.78 is 6.08. The molecule has 1 aliphatic rings. The lowest BCUT2D eigenvalue weighted by Gasteiger charge is -2.30. The van der Waals surface area contributed by atoms with Gasteiger partial charge in [0.15, 0.2) is 0 Å². The van der Waals surface area contributed by atoms with Gasteiger partial charge in [-0.3, -0.25) is 4.79 Å². The summed E-state index contributed by atoms with van der Waals surface area (Å²) in [5, 5.41) is 2.95. The topological polar surface area (TPSA) is 58.6 Å². The Morgan fingerprint density at radius 1 is 1.35 bits per heavy atom. The van der Waals surface area contributed by atoms with E-state index in [0.717, 1.165) is 10.9 Å². The molecule has 2 rings (SSSR count). The number of likely N-dealkylation sites (tertiary alicyclic amines) is 1. The van der Waals surface area contributed by atoms with Crippen LogP contribution < -0.4 is 5.32 Å². The molecule has 0 radical (unpaired) electrons. The fourth-order valence-corrected chi connectivity index (χ4v) is 3.14. The molecule has 1 saturated heterocycles. The molecule has 0 bridgehead atoms. The van der Waals surface area contributed by atoms with Gasteiger partial charge in [-0.05, 0) is 43.9 Å². The van der Waals surface area contributed by atoms with E-state index in [1.165, 1.54) is 5.56 Å². The van der Waals surface area contributed by atoms with E-state index in [0.29, 0.717) is 39.1 Å². The van der Waals surface area contributed by atoms with Crippen molar-refractivity contribution in [2.75, 3.05) is 26.2 Å². The van der Waals surface area contributed by atoms with E-state index in [1.54, 1.807) is 4.90 Å². The minimum absolute atomic E-state index is 0.0534. The van der Waals surface area contributed by atoms with Gasteiger partial charge in [-0.15, -0.1) is 0 Å². The molecule has 1 heterocycles. The zero-order valence-electron chi connectivity index (χ0n) is 13.4. The average Bonchev–Trinajstić information content (AvgIpc) is 2.55. The number of halogens is 1. The summed E-state index contributed by atoms with van der Waals surface area (Å²) in [4.78, 5) is 25.6. The Balaban J connectivity index is 1.70. The van der Waals surface area contributed by atoms with Crippen LogP contribution in [0.2, 0.25) is 0 Å². The highest BCUT2D eigenvalue weighted by atomic mass is 79.9. The smallest absolute Gasteiger partial charge is 0.317 e. The van der Waals surface area contributed by atoms with E-state index in [4.69, 9.17) is 4.74 Å². The van der Waals surface area contributed by atoms with E-state index in [1.807, 2.05) is 25.1 Å². The number of piperidine rings is 1. The van der Waals surface area contributed by atoms with Crippen LogP contribution in [0.3, 0.4) is 0 Å². The van der Waals surface area contributed by atoms with Gasteiger partial charge in [0.2, 0.25) is 0 Å². The Bertz CT molecular complexity index is 542. The number of amides is 2. The van der Waals surface area contributed by atoms with Crippen LogP contribution >= 0.6 is 15.9 Å². The van der Waals surface area contributed by atoms with Crippen molar-refractivity contribution < 1.29 is 14.3 Å². The second kappa shape index (κ2) is 8.91. The maximum absolute atomic E-state index is 12.1. The summed E-state index contributed by atoms with van der Waals surface area (Å²) in [5.41, 5.74) is 1.18. The molecule has 126 valence electrons. The zero-order chi connectivity index (χ0) is 16.7. The molecule has 1 fully saturated rings. The normalized spacial score (nSPS) is 15.3. The lowest BCUT2D eigenvalue weighted by molar-refractivity contribution is -0.149. The van der Waals surface area contributed by atoms with E-state index in [9.17, 15) is 9.59 Å². The number of nitrogens with zero attached hydrogens (tertiary/aromatic N) is 1. The Kier molecular flexibility index (Phi) is 6.89. The van der Waals surface area contributed by atoms with Gasteiger partial charge >= 0.3 is 12.0 Å². The Morgan fingerprint density at radius 2 is 2.09 bits per heavy atom. The summed E-state index contributed by atoms with van der Waals surface area (Å²) in [6.45, 7) is 4.03. The molecule has 5 nitrogen and oxygen atoms in total. The summed E-state index contributed by atoms with van der Waals surface area (Å²) in [7, 11) is 0. The predicted molar refractivity (Wildman–Crippen MR) is 92.2 cm³/mol. The van der Waals surface area contributed by atoms with Gasteiger partial charge in [0.05, 0.1) is 12.5 Å². The number of nitrogens with one attached hydrogen (secondary N) is 1. The standard InChI is InChI=1S/C17H23BrN2O3/c1-2-23-16(21)14-7-10-20(11-8-14)17(22)19-9-6-13-4-3-5-15(18)12-13/h3-5,12,14H,2,6-11H2,1H3,(H,19,22). The van der Waals surface area contributed by atoms with Crippen molar-refractivity contribution in [2.24, 2.45) is 5.92 Å². The lowest BCUT2D eigenvalue weighted by Crippen LogP contribution is -2.46. The van der Waals surface area contributed by atoms with Gasteiger partial charge in [-0.1, -0.05) is 28.1 Å². The maximum atomic E-state index is 12.1. The summed E-state index contributed by atoms with van der Waals surface area (Å²) in [6.07, 6.45) is 2.15. The van der Waals surface area contributed by atoms with Crippen LogP contribution in [0.4, 0.5) is 4.79 Å². The molecule has 0 spiro atoms. The number of hydrogen-bond acceptors (Lipinski definition) is 3. The maximum Gasteiger partial charge on any atom is 0.317 e. The van der Waals surface area contributed by atoms with Crippen molar-refractivity contribution >= 4 is 27.9 Å². The number of carbonyl (C=O) groups is 2. The molecular weight excluding hydrogens is 360 g/mol. The summed E-state index contributed by atoms with van der Waals surface area (Å²) >= 11 is 3.44. The van der Waals surface area contributed by atoms with Crippen LogP contribution in [-0.4, -0.2) is 43.1 Å². The van der Waals surface area contributed by atoms with Crippen molar-refractivity contribution in [1.82, 2.24) is 10.2 Å². The first kappa shape index (κ1) is 17.8. The highest BCUT2D eigenvalue weighted by Gasteiger charge is 2.27. The number of ether oxygens (including phenoxy) is 1. The second-order valence-electron chi connectivity index (χ2n) is 5.63.